The fourth-order valence-corrected chi connectivity index (χ4v) is 2.93. The van der Waals surface area contributed by atoms with Gasteiger partial charge in [-0.3, -0.25) is 10.1 Å². The molecule has 1 atom stereocenters. The molecule has 1 fully saturated rings. The number of hydrogen-bond acceptors (Lipinski definition) is 4. The highest BCUT2D eigenvalue weighted by Crippen LogP contribution is 2.39. The van der Waals surface area contributed by atoms with Gasteiger partial charge in [0, 0.05) is 19.2 Å². The van der Waals surface area contributed by atoms with E-state index in [-0.39, 0.29) is 23.4 Å². The van der Waals surface area contributed by atoms with E-state index in [4.69, 9.17) is 16.7 Å². The molecule has 6 heteroatoms. The van der Waals surface area contributed by atoms with Gasteiger partial charge in [-0.1, -0.05) is 17.7 Å². The SMILES string of the molecule is O=[N+]([O-])c1c(Cl)cccc1N1CCCC1CCCO. The number of aliphatic hydroxyl groups excluding tert-OH is 1. The van der Waals surface area contributed by atoms with Gasteiger partial charge >= 0.3 is 5.69 Å². The van der Waals surface area contributed by atoms with E-state index in [1.165, 1.54) is 0 Å². The van der Waals surface area contributed by atoms with Crippen LogP contribution in [0.1, 0.15) is 25.7 Å². The number of nitro groups is 1. The van der Waals surface area contributed by atoms with Crippen LogP contribution in [0.15, 0.2) is 18.2 Å². The first kappa shape index (κ1) is 14.1. The third-order valence-electron chi connectivity index (χ3n) is 3.53. The van der Waals surface area contributed by atoms with E-state index >= 15 is 0 Å². The summed E-state index contributed by atoms with van der Waals surface area (Å²) in [5, 5.41) is 20.3. The van der Waals surface area contributed by atoms with Crippen LogP contribution < -0.4 is 4.90 Å². The summed E-state index contributed by atoms with van der Waals surface area (Å²) >= 11 is 5.95. The highest BCUT2D eigenvalue weighted by atomic mass is 35.5. The molecule has 1 aliphatic rings. The van der Waals surface area contributed by atoms with Crippen LogP contribution in [0.4, 0.5) is 11.4 Å². The Morgan fingerprint density at radius 2 is 2.32 bits per heavy atom. The topological polar surface area (TPSA) is 66.6 Å². The maximum absolute atomic E-state index is 11.2. The van der Waals surface area contributed by atoms with Crippen molar-refractivity contribution < 1.29 is 10.0 Å². The van der Waals surface area contributed by atoms with Crippen LogP contribution in [-0.4, -0.2) is 29.2 Å². The van der Waals surface area contributed by atoms with Crippen molar-refractivity contribution in [3.8, 4) is 0 Å². The number of hydrogen-bond donors (Lipinski definition) is 1. The molecule has 1 saturated heterocycles. The van der Waals surface area contributed by atoms with Gasteiger partial charge in [0.25, 0.3) is 0 Å². The molecule has 0 spiro atoms. The molecule has 1 N–H and O–H groups in total. The van der Waals surface area contributed by atoms with Gasteiger partial charge < -0.3 is 10.0 Å². The highest BCUT2D eigenvalue weighted by Gasteiger charge is 2.30. The molecule has 0 aromatic heterocycles. The van der Waals surface area contributed by atoms with Crippen molar-refractivity contribution in [2.45, 2.75) is 31.7 Å². The second-order valence-corrected chi connectivity index (χ2v) is 5.13. The van der Waals surface area contributed by atoms with Gasteiger partial charge in [-0.2, -0.15) is 0 Å². The van der Waals surface area contributed by atoms with E-state index in [1.807, 2.05) is 0 Å². The lowest BCUT2D eigenvalue weighted by atomic mass is 10.1. The number of anilines is 1. The van der Waals surface area contributed by atoms with Crippen LogP contribution in [0.5, 0.6) is 0 Å². The van der Waals surface area contributed by atoms with E-state index in [0.717, 1.165) is 32.2 Å². The molecule has 0 saturated carbocycles. The fourth-order valence-electron chi connectivity index (χ4n) is 2.70. The summed E-state index contributed by atoms with van der Waals surface area (Å²) in [6.07, 6.45) is 3.58. The number of benzene rings is 1. The largest absolute Gasteiger partial charge is 0.396 e. The van der Waals surface area contributed by atoms with Crippen molar-refractivity contribution >= 4 is 23.0 Å². The Morgan fingerprint density at radius 3 is 3.00 bits per heavy atom. The zero-order valence-corrected chi connectivity index (χ0v) is 11.3. The summed E-state index contributed by atoms with van der Waals surface area (Å²) in [7, 11) is 0. The van der Waals surface area contributed by atoms with Gasteiger partial charge in [-0.15, -0.1) is 0 Å². The molecule has 19 heavy (non-hydrogen) atoms. The molecule has 1 heterocycles. The Balaban J connectivity index is 2.30. The molecule has 1 aliphatic heterocycles. The van der Waals surface area contributed by atoms with E-state index < -0.39 is 4.92 Å². The molecule has 0 amide bonds. The van der Waals surface area contributed by atoms with Gasteiger partial charge in [-0.05, 0) is 37.8 Å². The van der Waals surface area contributed by atoms with E-state index in [0.29, 0.717) is 5.69 Å². The summed E-state index contributed by atoms with van der Waals surface area (Å²) < 4.78 is 0. The average Bonchev–Trinajstić information content (AvgIpc) is 2.83. The predicted molar refractivity (Wildman–Crippen MR) is 74.8 cm³/mol. The van der Waals surface area contributed by atoms with Gasteiger partial charge in [0.05, 0.1) is 4.92 Å². The second-order valence-electron chi connectivity index (χ2n) is 4.72. The maximum Gasteiger partial charge on any atom is 0.310 e. The van der Waals surface area contributed by atoms with E-state index in [2.05, 4.69) is 4.90 Å². The Hall–Kier alpha value is -1.33. The average molecular weight is 285 g/mol. The van der Waals surface area contributed by atoms with Crippen molar-refractivity contribution in [3.05, 3.63) is 33.3 Å². The Morgan fingerprint density at radius 1 is 1.53 bits per heavy atom. The van der Waals surface area contributed by atoms with Gasteiger partial charge in [0.2, 0.25) is 0 Å². The minimum atomic E-state index is -0.418. The molecule has 104 valence electrons. The van der Waals surface area contributed by atoms with Gasteiger partial charge in [0.15, 0.2) is 0 Å². The molecule has 1 unspecified atom stereocenters. The van der Waals surface area contributed by atoms with Crippen LogP contribution in [0.3, 0.4) is 0 Å². The fraction of sp³-hybridized carbons (Fsp3) is 0.538. The maximum atomic E-state index is 11.2. The first-order valence-corrected chi connectivity index (χ1v) is 6.83. The Labute approximate surface area is 116 Å². The smallest absolute Gasteiger partial charge is 0.310 e. The molecule has 0 aliphatic carbocycles. The normalized spacial score (nSPS) is 18.8. The lowest BCUT2D eigenvalue weighted by Gasteiger charge is -2.26. The Bertz CT molecular complexity index is 467. The van der Waals surface area contributed by atoms with Crippen molar-refractivity contribution in [2.75, 3.05) is 18.1 Å². The standard InChI is InChI=1S/C13H17ClN2O3/c14-11-6-1-7-12(13(11)16(18)19)15-8-2-4-10(15)5-3-9-17/h1,6-7,10,17H,2-5,8-9H2. The minimum absolute atomic E-state index is 0.0138. The van der Waals surface area contributed by atoms with E-state index in [1.54, 1.807) is 18.2 Å². The van der Waals surface area contributed by atoms with Crippen LogP contribution in [0, 0.1) is 10.1 Å². The number of rotatable bonds is 5. The predicted octanol–water partition coefficient (Wildman–Crippen LogP) is 2.99. The number of nitrogens with zero attached hydrogens (tertiary/aromatic N) is 2. The molecule has 5 nitrogen and oxygen atoms in total. The zero-order valence-electron chi connectivity index (χ0n) is 10.6. The molecule has 2 rings (SSSR count). The quantitative estimate of drug-likeness (QED) is 0.667. The molecular weight excluding hydrogens is 268 g/mol. The monoisotopic (exact) mass is 284 g/mol. The first-order chi connectivity index (χ1) is 9.15. The molecule has 1 aromatic carbocycles. The van der Waals surface area contributed by atoms with Crippen molar-refractivity contribution in [3.63, 3.8) is 0 Å². The summed E-state index contributed by atoms with van der Waals surface area (Å²) in [5.41, 5.74) is 0.581. The number of para-hydroxylation sites is 1. The first-order valence-electron chi connectivity index (χ1n) is 6.45. The minimum Gasteiger partial charge on any atom is -0.396 e. The van der Waals surface area contributed by atoms with Crippen molar-refractivity contribution in [1.29, 1.82) is 0 Å². The van der Waals surface area contributed by atoms with Crippen molar-refractivity contribution in [2.24, 2.45) is 0 Å². The zero-order chi connectivity index (χ0) is 13.8. The molecule has 0 radical (unpaired) electrons. The summed E-state index contributed by atoms with van der Waals surface area (Å²) in [6, 6.07) is 5.29. The highest BCUT2D eigenvalue weighted by molar-refractivity contribution is 6.33. The van der Waals surface area contributed by atoms with Gasteiger partial charge in [0.1, 0.15) is 10.7 Å². The summed E-state index contributed by atoms with van der Waals surface area (Å²) in [4.78, 5) is 12.8. The molecular formula is C13H17ClN2O3. The van der Waals surface area contributed by atoms with Crippen LogP contribution in [-0.2, 0) is 0 Å². The lowest BCUT2D eigenvalue weighted by Crippen LogP contribution is -2.30. The second kappa shape index (κ2) is 6.21. The van der Waals surface area contributed by atoms with Gasteiger partial charge in [-0.25, -0.2) is 0 Å². The van der Waals surface area contributed by atoms with Crippen LogP contribution >= 0.6 is 11.6 Å². The molecule has 1 aromatic rings. The third kappa shape index (κ3) is 2.98. The number of aliphatic hydroxyl groups is 1. The summed E-state index contributed by atoms with van der Waals surface area (Å²) in [5.74, 6) is 0. The van der Waals surface area contributed by atoms with E-state index in [9.17, 15) is 10.1 Å². The third-order valence-corrected chi connectivity index (χ3v) is 3.84. The van der Waals surface area contributed by atoms with Crippen molar-refractivity contribution in [1.82, 2.24) is 0 Å². The lowest BCUT2D eigenvalue weighted by molar-refractivity contribution is -0.384. The van der Waals surface area contributed by atoms with Crippen LogP contribution in [0.25, 0.3) is 0 Å². The molecule has 0 bridgehead atoms. The Kier molecular flexibility index (Phi) is 4.61. The number of nitro benzene ring substituents is 1. The summed E-state index contributed by atoms with van der Waals surface area (Å²) in [6.45, 7) is 0.958. The van der Waals surface area contributed by atoms with Crippen LogP contribution in [0.2, 0.25) is 5.02 Å². The number of halogens is 1.